The van der Waals surface area contributed by atoms with Crippen LogP contribution in [-0.2, 0) is 9.47 Å². The molecule has 0 radical (unpaired) electrons. The van der Waals surface area contributed by atoms with E-state index < -0.39 is 10.1 Å². The fourth-order valence-corrected chi connectivity index (χ4v) is 2.55. The Kier molecular flexibility index (Phi) is 6.25. The van der Waals surface area contributed by atoms with Gasteiger partial charge >= 0.3 is 0 Å². The SMILES string of the molecule is CCCC1OC(OC(=N)C(Cl)(Cl)Cl)C(C)C(C)C1C. The Hall–Kier alpha value is 0.300. The maximum atomic E-state index is 7.65. The molecule has 5 unspecified atom stereocenters. The van der Waals surface area contributed by atoms with Crippen LogP contribution in [0.15, 0.2) is 0 Å². The van der Waals surface area contributed by atoms with E-state index in [1.165, 1.54) is 0 Å². The van der Waals surface area contributed by atoms with Crippen molar-refractivity contribution in [3.05, 3.63) is 0 Å². The molecule has 0 saturated carbocycles. The summed E-state index contributed by atoms with van der Waals surface area (Å²) >= 11 is 16.9. The van der Waals surface area contributed by atoms with Gasteiger partial charge < -0.3 is 9.47 Å². The van der Waals surface area contributed by atoms with E-state index >= 15 is 0 Å². The molecule has 0 amide bonds. The van der Waals surface area contributed by atoms with Crippen LogP contribution in [0.2, 0.25) is 0 Å². The zero-order chi connectivity index (χ0) is 14.8. The van der Waals surface area contributed by atoms with Crippen LogP contribution in [0.5, 0.6) is 0 Å². The first-order chi connectivity index (χ1) is 8.68. The van der Waals surface area contributed by atoms with E-state index in [4.69, 9.17) is 49.7 Å². The summed E-state index contributed by atoms with van der Waals surface area (Å²) in [5.74, 6) is 0.650. The summed E-state index contributed by atoms with van der Waals surface area (Å²) in [6.45, 7) is 8.53. The summed E-state index contributed by atoms with van der Waals surface area (Å²) < 4.78 is 9.54. The fraction of sp³-hybridized carbons (Fsp3) is 0.923. The minimum Gasteiger partial charge on any atom is -0.448 e. The number of rotatable bonds is 3. The van der Waals surface area contributed by atoms with Crippen molar-refractivity contribution in [1.82, 2.24) is 0 Å². The molecule has 1 aliphatic heterocycles. The molecule has 1 saturated heterocycles. The summed E-state index contributed by atoms with van der Waals surface area (Å²) in [4.78, 5) is 0. The average Bonchev–Trinajstić information content (AvgIpc) is 2.31. The van der Waals surface area contributed by atoms with Gasteiger partial charge in [0.05, 0.1) is 6.10 Å². The molecular formula is C13H22Cl3NO2. The molecule has 0 aliphatic carbocycles. The zero-order valence-corrected chi connectivity index (χ0v) is 14.0. The maximum Gasteiger partial charge on any atom is 0.265 e. The fourth-order valence-electron chi connectivity index (χ4n) is 2.42. The van der Waals surface area contributed by atoms with Gasteiger partial charge in [-0.3, -0.25) is 5.41 Å². The number of nitrogens with one attached hydrogen (secondary N) is 1. The predicted molar refractivity (Wildman–Crippen MR) is 80.2 cm³/mol. The number of ether oxygens (including phenoxy) is 2. The van der Waals surface area contributed by atoms with E-state index in [2.05, 4.69) is 20.8 Å². The van der Waals surface area contributed by atoms with Crippen molar-refractivity contribution in [3.63, 3.8) is 0 Å². The summed E-state index contributed by atoms with van der Waals surface area (Å²) in [5, 5.41) is 7.65. The Morgan fingerprint density at radius 3 is 2.21 bits per heavy atom. The standard InChI is InChI=1S/C13H22Cl3NO2/c1-5-6-10-8(3)7(2)9(4)11(18-10)19-12(17)13(14,15)16/h7-11,17H,5-6H2,1-4H3. The van der Waals surface area contributed by atoms with Crippen LogP contribution in [0, 0.1) is 23.2 Å². The summed E-state index contributed by atoms with van der Waals surface area (Å²) in [6, 6.07) is 0. The van der Waals surface area contributed by atoms with Crippen LogP contribution < -0.4 is 0 Å². The molecule has 1 aliphatic rings. The highest BCUT2D eigenvalue weighted by Crippen LogP contribution is 2.38. The van der Waals surface area contributed by atoms with Crippen LogP contribution in [0.25, 0.3) is 0 Å². The quantitative estimate of drug-likeness (QED) is 0.459. The third-order valence-corrected chi connectivity index (χ3v) is 4.56. The van der Waals surface area contributed by atoms with Crippen molar-refractivity contribution in [1.29, 1.82) is 5.41 Å². The van der Waals surface area contributed by atoms with Gasteiger partial charge in [0.1, 0.15) is 0 Å². The van der Waals surface area contributed by atoms with E-state index in [0.717, 1.165) is 12.8 Å². The highest BCUT2D eigenvalue weighted by molar-refractivity contribution is 6.76. The highest BCUT2D eigenvalue weighted by Gasteiger charge is 2.42. The van der Waals surface area contributed by atoms with E-state index in [0.29, 0.717) is 11.8 Å². The third kappa shape index (κ3) is 4.38. The Morgan fingerprint density at radius 1 is 1.16 bits per heavy atom. The number of hydrogen-bond donors (Lipinski definition) is 1. The first-order valence-electron chi connectivity index (χ1n) is 6.66. The summed E-state index contributed by atoms with van der Waals surface area (Å²) in [5.41, 5.74) is 0. The second kappa shape index (κ2) is 6.84. The molecule has 1 fully saturated rings. The maximum absolute atomic E-state index is 7.65. The van der Waals surface area contributed by atoms with Gasteiger partial charge in [0.2, 0.25) is 12.2 Å². The molecule has 1 rings (SSSR count). The average molecular weight is 331 g/mol. The van der Waals surface area contributed by atoms with Gasteiger partial charge in [0.15, 0.2) is 0 Å². The van der Waals surface area contributed by atoms with Crippen LogP contribution in [0.1, 0.15) is 40.5 Å². The number of hydrogen-bond acceptors (Lipinski definition) is 3. The Bertz CT molecular complexity index is 320. The Labute approximate surface area is 130 Å². The van der Waals surface area contributed by atoms with E-state index in [-0.39, 0.29) is 17.9 Å². The monoisotopic (exact) mass is 329 g/mol. The van der Waals surface area contributed by atoms with Crippen molar-refractivity contribution in [2.45, 2.75) is 56.7 Å². The zero-order valence-electron chi connectivity index (χ0n) is 11.8. The largest absolute Gasteiger partial charge is 0.448 e. The number of alkyl halides is 3. The lowest BCUT2D eigenvalue weighted by molar-refractivity contribution is -0.219. The Balaban J connectivity index is 2.74. The van der Waals surface area contributed by atoms with E-state index in [9.17, 15) is 0 Å². The molecule has 3 nitrogen and oxygen atoms in total. The van der Waals surface area contributed by atoms with Crippen molar-refractivity contribution in [2.24, 2.45) is 17.8 Å². The molecule has 1 N–H and O–H groups in total. The lowest BCUT2D eigenvalue weighted by Crippen LogP contribution is -2.47. The van der Waals surface area contributed by atoms with Crippen molar-refractivity contribution < 1.29 is 9.47 Å². The molecule has 0 aromatic rings. The van der Waals surface area contributed by atoms with Gasteiger partial charge in [0, 0.05) is 5.92 Å². The molecule has 1 heterocycles. The van der Waals surface area contributed by atoms with Crippen LogP contribution in [0.4, 0.5) is 0 Å². The van der Waals surface area contributed by atoms with Crippen molar-refractivity contribution in [3.8, 4) is 0 Å². The smallest absolute Gasteiger partial charge is 0.265 e. The van der Waals surface area contributed by atoms with Gasteiger partial charge in [-0.1, -0.05) is 68.9 Å². The lowest BCUT2D eigenvalue weighted by Gasteiger charge is -2.43. The Morgan fingerprint density at radius 2 is 1.74 bits per heavy atom. The van der Waals surface area contributed by atoms with E-state index in [1.807, 2.05) is 6.92 Å². The van der Waals surface area contributed by atoms with Gasteiger partial charge in [-0.05, 0) is 18.3 Å². The molecule has 0 aromatic heterocycles. The van der Waals surface area contributed by atoms with Gasteiger partial charge in [-0.15, -0.1) is 0 Å². The third-order valence-electron chi connectivity index (χ3n) is 4.05. The van der Waals surface area contributed by atoms with Crippen LogP contribution in [-0.4, -0.2) is 22.1 Å². The second-order valence-electron chi connectivity index (χ2n) is 5.35. The minimum absolute atomic E-state index is 0.129. The van der Waals surface area contributed by atoms with Gasteiger partial charge in [0.25, 0.3) is 3.79 Å². The van der Waals surface area contributed by atoms with Crippen LogP contribution in [0.3, 0.4) is 0 Å². The number of halogens is 3. The molecule has 0 bridgehead atoms. The molecule has 0 spiro atoms. The lowest BCUT2D eigenvalue weighted by atomic mass is 9.78. The van der Waals surface area contributed by atoms with Crippen molar-refractivity contribution >= 4 is 40.7 Å². The van der Waals surface area contributed by atoms with Gasteiger partial charge in [-0.2, -0.15) is 0 Å². The summed E-state index contributed by atoms with van der Waals surface area (Å²) in [6.07, 6.45) is 1.62. The van der Waals surface area contributed by atoms with Crippen molar-refractivity contribution in [2.75, 3.05) is 0 Å². The predicted octanol–water partition coefficient (Wildman–Crippen LogP) is 4.78. The van der Waals surface area contributed by atoms with Gasteiger partial charge in [-0.25, -0.2) is 0 Å². The molecule has 112 valence electrons. The first-order valence-corrected chi connectivity index (χ1v) is 7.79. The molecular weight excluding hydrogens is 309 g/mol. The molecule has 6 heteroatoms. The highest BCUT2D eigenvalue weighted by atomic mass is 35.6. The summed E-state index contributed by atoms with van der Waals surface area (Å²) in [7, 11) is 0. The molecule has 5 atom stereocenters. The molecule has 19 heavy (non-hydrogen) atoms. The topological polar surface area (TPSA) is 42.3 Å². The molecule has 0 aromatic carbocycles. The van der Waals surface area contributed by atoms with E-state index in [1.54, 1.807) is 0 Å². The van der Waals surface area contributed by atoms with Crippen LogP contribution >= 0.6 is 34.8 Å². The second-order valence-corrected chi connectivity index (χ2v) is 7.63. The first kappa shape index (κ1) is 17.4. The minimum atomic E-state index is -1.84. The normalized spacial score (nSPS) is 36.1.